The van der Waals surface area contributed by atoms with E-state index in [1.807, 2.05) is 0 Å². The van der Waals surface area contributed by atoms with Crippen LogP contribution in [0.15, 0.2) is 13.2 Å². The van der Waals surface area contributed by atoms with E-state index in [9.17, 15) is 0 Å². The molecule has 0 unspecified atom stereocenters. The molecule has 0 radical (unpaired) electrons. The average molecular weight is 138 g/mol. The second-order valence-corrected chi connectivity index (χ2v) is 1.97. The summed E-state index contributed by atoms with van der Waals surface area (Å²) in [4.78, 5) is 0. The van der Waals surface area contributed by atoms with Gasteiger partial charge in [0.25, 0.3) is 0 Å². The van der Waals surface area contributed by atoms with E-state index in [1.54, 1.807) is 12.2 Å². The maximum Gasteiger partial charge on any atom is 0.104 e. The van der Waals surface area contributed by atoms with Gasteiger partial charge in [0.1, 0.15) is 11.4 Å². The van der Waals surface area contributed by atoms with Crippen molar-refractivity contribution in [3.63, 3.8) is 0 Å². The minimum absolute atomic E-state index is 0.815. The van der Waals surface area contributed by atoms with Crippen molar-refractivity contribution in [2.75, 3.05) is 0 Å². The first kappa shape index (κ1) is 6.16. The van der Waals surface area contributed by atoms with E-state index < -0.39 is 0 Å². The predicted molar refractivity (Wildman–Crippen MR) is 40.1 cm³/mol. The highest BCUT2D eigenvalue weighted by Crippen LogP contribution is 2.07. The molecule has 0 aliphatic rings. The minimum atomic E-state index is 0.815. The van der Waals surface area contributed by atoms with Crippen LogP contribution in [-0.2, 0) is 0 Å². The van der Waals surface area contributed by atoms with Gasteiger partial charge in [-0.2, -0.15) is 8.75 Å². The van der Waals surface area contributed by atoms with E-state index in [4.69, 9.17) is 0 Å². The Morgan fingerprint density at radius 2 is 1.56 bits per heavy atom. The number of hydrogen-bond acceptors (Lipinski definition) is 3. The van der Waals surface area contributed by atoms with Crippen LogP contribution >= 0.6 is 11.7 Å². The highest BCUT2D eigenvalue weighted by molar-refractivity contribution is 6.99. The molecule has 0 amide bonds. The third-order valence-electron chi connectivity index (χ3n) is 0.927. The van der Waals surface area contributed by atoms with E-state index in [0.717, 1.165) is 11.4 Å². The third kappa shape index (κ3) is 1.05. The van der Waals surface area contributed by atoms with Gasteiger partial charge in [0.15, 0.2) is 0 Å². The molecule has 0 N–H and O–H groups in total. The normalized spacial score (nSPS) is 8.89. The lowest BCUT2D eigenvalue weighted by atomic mass is 10.3. The van der Waals surface area contributed by atoms with E-state index in [-0.39, 0.29) is 0 Å². The summed E-state index contributed by atoms with van der Waals surface area (Å²) < 4.78 is 7.89. The van der Waals surface area contributed by atoms with Crippen molar-refractivity contribution in [1.82, 2.24) is 8.75 Å². The highest BCUT2D eigenvalue weighted by Gasteiger charge is 1.96. The van der Waals surface area contributed by atoms with E-state index in [0.29, 0.717) is 0 Å². The van der Waals surface area contributed by atoms with Gasteiger partial charge in [-0.3, -0.25) is 0 Å². The summed E-state index contributed by atoms with van der Waals surface area (Å²) in [7, 11) is 0. The average Bonchev–Trinajstić information content (AvgIpc) is 2.33. The number of nitrogens with zero attached hydrogens (tertiary/aromatic N) is 2. The quantitative estimate of drug-likeness (QED) is 0.623. The molecular weight excluding hydrogens is 132 g/mol. The zero-order chi connectivity index (χ0) is 6.69. The summed E-state index contributed by atoms with van der Waals surface area (Å²) in [6.45, 7) is 7.14. The molecule has 0 bridgehead atoms. The summed E-state index contributed by atoms with van der Waals surface area (Å²) in [5.74, 6) is 0. The van der Waals surface area contributed by atoms with Crippen molar-refractivity contribution in [2.45, 2.75) is 0 Å². The lowest BCUT2D eigenvalue weighted by Crippen LogP contribution is -1.73. The molecule has 0 fully saturated rings. The van der Waals surface area contributed by atoms with Crippen LogP contribution in [0.25, 0.3) is 12.2 Å². The summed E-state index contributed by atoms with van der Waals surface area (Å²) in [5.41, 5.74) is 1.63. The Kier molecular flexibility index (Phi) is 1.75. The second kappa shape index (κ2) is 2.55. The molecule has 0 aliphatic carbocycles. The van der Waals surface area contributed by atoms with Gasteiger partial charge < -0.3 is 0 Å². The predicted octanol–water partition coefficient (Wildman–Crippen LogP) is 1.82. The smallest absolute Gasteiger partial charge is 0.104 e. The zero-order valence-electron chi connectivity index (χ0n) is 4.87. The van der Waals surface area contributed by atoms with Crippen molar-refractivity contribution in [1.29, 1.82) is 0 Å². The fourth-order valence-corrected chi connectivity index (χ4v) is 1.04. The van der Waals surface area contributed by atoms with Crippen LogP contribution in [-0.4, -0.2) is 8.75 Å². The molecule has 2 nitrogen and oxygen atoms in total. The minimum Gasteiger partial charge on any atom is -0.173 e. The molecule has 0 aliphatic heterocycles. The van der Waals surface area contributed by atoms with Gasteiger partial charge >= 0.3 is 0 Å². The maximum atomic E-state index is 3.95. The van der Waals surface area contributed by atoms with Crippen molar-refractivity contribution >= 4 is 23.9 Å². The van der Waals surface area contributed by atoms with Crippen LogP contribution in [0.2, 0.25) is 0 Å². The van der Waals surface area contributed by atoms with Crippen molar-refractivity contribution in [3.8, 4) is 0 Å². The fourth-order valence-electron chi connectivity index (χ4n) is 0.486. The Bertz CT molecular complexity index is 204. The molecule has 0 atom stereocenters. The Morgan fingerprint density at radius 1 is 1.11 bits per heavy atom. The van der Waals surface area contributed by atoms with Gasteiger partial charge in [-0.1, -0.05) is 13.2 Å². The molecule has 1 rings (SSSR count). The van der Waals surface area contributed by atoms with Gasteiger partial charge in [0.2, 0.25) is 0 Å². The zero-order valence-corrected chi connectivity index (χ0v) is 5.69. The second-order valence-electron chi connectivity index (χ2n) is 1.44. The molecule has 46 valence electrons. The third-order valence-corrected chi connectivity index (χ3v) is 1.48. The lowest BCUT2D eigenvalue weighted by molar-refractivity contribution is 1.44. The molecule has 1 aromatic rings. The van der Waals surface area contributed by atoms with Crippen LogP contribution in [0, 0.1) is 0 Å². The van der Waals surface area contributed by atoms with E-state index in [2.05, 4.69) is 21.9 Å². The SMILES string of the molecule is C=Cc1nsnc1C=C. The topological polar surface area (TPSA) is 25.8 Å². The van der Waals surface area contributed by atoms with Crippen LogP contribution in [0.5, 0.6) is 0 Å². The van der Waals surface area contributed by atoms with Crippen LogP contribution < -0.4 is 0 Å². The van der Waals surface area contributed by atoms with Crippen LogP contribution in [0.3, 0.4) is 0 Å². The Hall–Kier alpha value is -0.960. The summed E-state index contributed by atoms with van der Waals surface area (Å²) in [5, 5.41) is 0. The molecule has 3 heteroatoms. The largest absolute Gasteiger partial charge is 0.173 e. The van der Waals surface area contributed by atoms with Crippen molar-refractivity contribution in [3.05, 3.63) is 24.5 Å². The summed E-state index contributed by atoms with van der Waals surface area (Å²) in [6, 6.07) is 0. The monoisotopic (exact) mass is 138 g/mol. The first-order valence-corrected chi connectivity index (χ1v) is 3.19. The molecule has 1 aromatic heterocycles. The van der Waals surface area contributed by atoms with Gasteiger partial charge in [0, 0.05) is 0 Å². The van der Waals surface area contributed by atoms with Gasteiger partial charge in [-0.15, -0.1) is 0 Å². The van der Waals surface area contributed by atoms with E-state index in [1.165, 1.54) is 11.7 Å². The molecule has 0 aromatic carbocycles. The van der Waals surface area contributed by atoms with E-state index >= 15 is 0 Å². The van der Waals surface area contributed by atoms with Gasteiger partial charge in [-0.05, 0) is 12.2 Å². The first-order valence-electron chi connectivity index (χ1n) is 2.46. The molecule has 0 saturated heterocycles. The van der Waals surface area contributed by atoms with Crippen LogP contribution in [0.4, 0.5) is 0 Å². The Morgan fingerprint density at radius 3 is 1.89 bits per heavy atom. The Labute approximate surface area is 57.9 Å². The molecule has 1 heterocycles. The van der Waals surface area contributed by atoms with Crippen molar-refractivity contribution < 1.29 is 0 Å². The van der Waals surface area contributed by atoms with Gasteiger partial charge in [0.05, 0.1) is 11.7 Å². The Balaban J connectivity index is 3.12. The molecule has 0 spiro atoms. The molecule has 9 heavy (non-hydrogen) atoms. The maximum absolute atomic E-state index is 3.95. The standard InChI is InChI=1S/C6H6N2S/c1-3-5-6(4-2)8-9-7-5/h3-4H,1-2H2. The summed E-state index contributed by atoms with van der Waals surface area (Å²) in [6.07, 6.45) is 3.33. The summed E-state index contributed by atoms with van der Waals surface area (Å²) >= 11 is 1.17. The first-order chi connectivity index (χ1) is 4.38. The molecular formula is C6H6N2S. The fraction of sp³-hybridized carbons (Fsp3) is 0. The lowest BCUT2D eigenvalue weighted by Gasteiger charge is -1.80. The molecule has 0 saturated carbocycles. The number of hydrogen-bond donors (Lipinski definition) is 0. The number of aromatic nitrogens is 2. The number of rotatable bonds is 2. The highest BCUT2D eigenvalue weighted by atomic mass is 32.1. The van der Waals surface area contributed by atoms with Crippen molar-refractivity contribution in [2.24, 2.45) is 0 Å². The van der Waals surface area contributed by atoms with Gasteiger partial charge in [-0.25, -0.2) is 0 Å². The van der Waals surface area contributed by atoms with Crippen LogP contribution in [0.1, 0.15) is 11.4 Å².